The minimum Gasteiger partial charge on any atom is -0.337 e. The van der Waals surface area contributed by atoms with Crippen LogP contribution in [0.1, 0.15) is 17.5 Å². The molecule has 0 radical (unpaired) electrons. The molecule has 2 aromatic heterocycles. The van der Waals surface area contributed by atoms with Crippen LogP contribution in [-0.2, 0) is 17.8 Å². The van der Waals surface area contributed by atoms with Gasteiger partial charge in [0.05, 0.1) is 6.54 Å². The van der Waals surface area contributed by atoms with Crippen LogP contribution in [0.25, 0.3) is 4.96 Å². The van der Waals surface area contributed by atoms with Crippen LogP contribution < -0.4 is 0 Å². The van der Waals surface area contributed by atoms with E-state index in [9.17, 15) is 4.79 Å². The van der Waals surface area contributed by atoms with E-state index in [0.717, 1.165) is 24.5 Å². The molecule has 5 heteroatoms. The number of carbonyl (C=O) groups is 1. The lowest BCUT2D eigenvalue weighted by Crippen LogP contribution is -2.33. The molecule has 78 valence electrons. The Morgan fingerprint density at radius 2 is 2.47 bits per heavy atom. The monoisotopic (exact) mass is 221 g/mol. The van der Waals surface area contributed by atoms with Crippen molar-refractivity contribution in [2.24, 2.45) is 0 Å². The maximum Gasteiger partial charge on any atom is 0.219 e. The Labute approximate surface area is 91.1 Å². The topological polar surface area (TPSA) is 37.6 Å². The molecule has 0 fully saturated rings. The molecule has 0 saturated carbocycles. The highest BCUT2D eigenvalue weighted by Crippen LogP contribution is 2.27. The summed E-state index contributed by atoms with van der Waals surface area (Å²) in [6.07, 6.45) is 4.75. The second kappa shape index (κ2) is 3.06. The number of fused-ring (bicyclic) bond motifs is 3. The number of thiazole rings is 1. The first-order chi connectivity index (χ1) is 7.25. The zero-order valence-corrected chi connectivity index (χ0v) is 9.25. The number of hydrogen-bond acceptors (Lipinski definition) is 3. The molecule has 0 saturated heterocycles. The highest BCUT2D eigenvalue weighted by molar-refractivity contribution is 7.17. The Kier molecular flexibility index (Phi) is 1.82. The summed E-state index contributed by atoms with van der Waals surface area (Å²) in [6.45, 7) is 3.20. The van der Waals surface area contributed by atoms with E-state index in [0.29, 0.717) is 0 Å². The lowest BCUT2D eigenvalue weighted by atomic mass is 10.2. The van der Waals surface area contributed by atoms with Gasteiger partial charge in [0.2, 0.25) is 5.91 Å². The molecular weight excluding hydrogens is 210 g/mol. The zero-order chi connectivity index (χ0) is 10.4. The quantitative estimate of drug-likeness (QED) is 0.672. The summed E-state index contributed by atoms with van der Waals surface area (Å²) in [5.41, 5.74) is 1.32. The predicted molar refractivity (Wildman–Crippen MR) is 57.9 cm³/mol. The maximum atomic E-state index is 11.3. The summed E-state index contributed by atoms with van der Waals surface area (Å²) in [5.74, 6) is 0.159. The number of aromatic nitrogens is 2. The Morgan fingerprint density at radius 3 is 3.27 bits per heavy atom. The van der Waals surface area contributed by atoms with E-state index < -0.39 is 0 Å². The second-order valence-electron chi connectivity index (χ2n) is 3.74. The van der Waals surface area contributed by atoms with Gasteiger partial charge in [-0.15, -0.1) is 0 Å². The van der Waals surface area contributed by atoms with Crippen molar-refractivity contribution in [2.75, 3.05) is 6.54 Å². The molecule has 1 aliphatic rings. The third-order valence-electron chi connectivity index (χ3n) is 2.83. The van der Waals surface area contributed by atoms with Crippen molar-refractivity contribution in [3.63, 3.8) is 0 Å². The number of nitrogens with zero attached hydrogens (tertiary/aromatic N) is 3. The fourth-order valence-electron chi connectivity index (χ4n) is 2.02. The van der Waals surface area contributed by atoms with Gasteiger partial charge >= 0.3 is 0 Å². The largest absolute Gasteiger partial charge is 0.337 e. The maximum absolute atomic E-state index is 11.3. The van der Waals surface area contributed by atoms with Crippen molar-refractivity contribution in [2.45, 2.75) is 19.9 Å². The molecule has 3 rings (SSSR count). The molecular formula is C10H11N3OS. The van der Waals surface area contributed by atoms with E-state index in [1.54, 1.807) is 18.3 Å². The van der Waals surface area contributed by atoms with E-state index in [4.69, 9.17) is 0 Å². The summed E-state index contributed by atoms with van der Waals surface area (Å²) >= 11 is 1.69. The molecule has 1 amide bonds. The van der Waals surface area contributed by atoms with E-state index in [1.165, 1.54) is 10.6 Å². The number of amides is 1. The molecule has 15 heavy (non-hydrogen) atoms. The summed E-state index contributed by atoms with van der Waals surface area (Å²) in [5, 5.41) is 0. The van der Waals surface area contributed by atoms with Crippen LogP contribution >= 0.6 is 11.3 Å². The molecule has 3 heterocycles. The number of carbonyl (C=O) groups excluding carboxylic acids is 1. The van der Waals surface area contributed by atoms with Gasteiger partial charge in [-0.3, -0.25) is 9.20 Å². The summed E-state index contributed by atoms with van der Waals surface area (Å²) in [4.78, 5) is 19.7. The average Bonchev–Trinajstić information content (AvgIpc) is 2.75. The van der Waals surface area contributed by atoms with Gasteiger partial charge < -0.3 is 4.90 Å². The molecule has 0 aliphatic carbocycles. The number of imidazole rings is 1. The summed E-state index contributed by atoms with van der Waals surface area (Å²) in [7, 11) is 0. The molecule has 0 atom stereocenters. The van der Waals surface area contributed by atoms with E-state index in [1.807, 2.05) is 17.3 Å². The number of hydrogen-bond donors (Lipinski definition) is 0. The van der Waals surface area contributed by atoms with E-state index in [2.05, 4.69) is 9.38 Å². The molecule has 0 spiro atoms. The highest BCUT2D eigenvalue weighted by atomic mass is 32.1. The fraction of sp³-hybridized carbons (Fsp3) is 0.400. The van der Waals surface area contributed by atoms with Gasteiger partial charge in [0, 0.05) is 42.9 Å². The van der Waals surface area contributed by atoms with Gasteiger partial charge in [-0.1, -0.05) is 11.3 Å². The third kappa shape index (κ3) is 1.26. The van der Waals surface area contributed by atoms with Crippen molar-refractivity contribution in [1.82, 2.24) is 14.3 Å². The van der Waals surface area contributed by atoms with Gasteiger partial charge in [-0.2, -0.15) is 0 Å². The first-order valence-electron chi connectivity index (χ1n) is 4.95. The molecule has 1 aliphatic heterocycles. The predicted octanol–water partition coefficient (Wildman–Crippen LogP) is 1.30. The molecule has 4 nitrogen and oxygen atoms in total. The van der Waals surface area contributed by atoms with Crippen LogP contribution in [0.15, 0.2) is 12.4 Å². The van der Waals surface area contributed by atoms with Crippen molar-refractivity contribution >= 4 is 22.2 Å². The van der Waals surface area contributed by atoms with Crippen LogP contribution in [0.4, 0.5) is 0 Å². The normalized spacial score (nSPS) is 15.7. The van der Waals surface area contributed by atoms with Gasteiger partial charge in [-0.05, 0) is 0 Å². The van der Waals surface area contributed by atoms with Crippen molar-refractivity contribution in [3.8, 4) is 0 Å². The molecule has 0 N–H and O–H groups in total. The smallest absolute Gasteiger partial charge is 0.219 e. The van der Waals surface area contributed by atoms with Gasteiger partial charge in [-0.25, -0.2) is 4.98 Å². The minimum absolute atomic E-state index is 0.159. The lowest BCUT2D eigenvalue weighted by molar-refractivity contribution is -0.129. The highest BCUT2D eigenvalue weighted by Gasteiger charge is 2.22. The van der Waals surface area contributed by atoms with Crippen molar-refractivity contribution in [3.05, 3.63) is 23.0 Å². The Balaban J connectivity index is 2.06. The molecule has 2 aromatic rings. The van der Waals surface area contributed by atoms with Gasteiger partial charge in [0.1, 0.15) is 0 Å². The lowest BCUT2D eigenvalue weighted by Gasteiger charge is -2.25. The van der Waals surface area contributed by atoms with Gasteiger partial charge in [0.15, 0.2) is 4.96 Å². The van der Waals surface area contributed by atoms with Crippen molar-refractivity contribution < 1.29 is 4.79 Å². The van der Waals surface area contributed by atoms with Crippen LogP contribution in [0.3, 0.4) is 0 Å². The summed E-state index contributed by atoms with van der Waals surface area (Å²) < 4.78 is 2.14. The van der Waals surface area contributed by atoms with E-state index >= 15 is 0 Å². The Bertz CT molecular complexity index is 528. The Morgan fingerprint density at radius 1 is 1.60 bits per heavy atom. The van der Waals surface area contributed by atoms with Crippen LogP contribution in [0.5, 0.6) is 0 Å². The standard InChI is InChI=1S/C10H11N3OS/c1-7(14)12-4-2-8-9(6-12)15-10-11-3-5-13(8)10/h3,5H,2,4,6H2,1H3. The molecule has 0 bridgehead atoms. The third-order valence-corrected chi connectivity index (χ3v) is 3.93. The van der Waals surface area contributed by atoms with Crippen LogP contribution in [0.2, 0.25) is 0 Å². The summed E-state index contributed by atoms with van der Waals surface area (Å²) in [6, 6.07) is 0. The first-order valence-corrected chi connectivity index (χ1v) is 5.76. The average molecular weight is 221 g/mol. The van der Waals surface area contributed by atoms with Crippen molar-refractivity contribution in [1.29, 1.82) is 0 Å². The minimum atomic E-state index is 0.159. The second-order valence-corrected chi connectivity index (χ2v) is 4.80. The molecule has 0 unspecified atom stereocenters. The SMILES string of the molecule is CC(=O)N1CCc2c(sc3nccn23)C1. The Hall–Kier alpha value is -1.36. The number of rotatable bonds is 0. The fourth-order valence-corrected chi connectivity index (χ4v) is 3.16. The zero-order valence-electron chi connectivity index (χ0n) is 8.43. The van der Waals surface area contributed by atoms with Crippen LogP contribution in [-0.4, -0.2) is 26.7 Å². The van der Waals surface area contributed by atoms with E-state index in [-0.39, 0.29) is 5.91 Å². The van der Waals surface area contributed by atoms with Crippen LogP contribution in [0, 0.1) is 0 Å². The first kappa shape index (κ1) is 8.91. The molecule has 0 aromatic carbocycles. The van der Waals surface area contributed by atoms with Gasteiger partial charge in [0.25, 0.3) is 0 Å².